The van der Waals surface area contributed by atoms with Gasteiger partial charge >= 0.3 is 5.76 Å². The highest BCUT2D eigenvalue weighted by atomic mass is 32.2. The van der Waals surface area contributed by atoms with Crippen molar-refractivity contribution in [1.82, 2.24) is 9.29 Å². The molecule has 10 heteroatoms. The van der Waals surface area contributed by atoms with E-state index in [1.54, 1.807) is 12.1 Å². The Morgan fingerprint density at radius 2 is 1.97 bits per heavy atom. The Bertz CT molecular complexity index is 1260. The largest absolute Gasteiger partial charge is 0.492 e. The SMILES string of the molecule is CCOc1ccccc1NC(=O)C1CCN(S(=O)(=O)c2ccc3[nH]c(=O)oc3c2)CC1. The number of rotatable bonds is 6. The van der Waals surface area contributed by atoms with E-state index in [4.69, 9.17) is 9.15 Å². The van der Waals surface area contributed by atoms with E-state index in [1.165, 1.54) is 22.5 Å². The van der Waals surface area contributed by atoms with Gasteiger partial charge in [0.1, 0.15) is 5.75 Å². The summed E-state index contributed by atoms with van der Waals surface area (Å²) in [6.07, 6.45) is 0.812. The Morgan fingerprint density at radius 3 is 2.71 bits per heavy atom. The summed E-state index contributed by atoms with van der Waals surface area (Å²) in [6.45, 7) is 2.81. The van der Waals surface area contributed by atoms with Crippen LogP contribution in [0.4, 0.5) is 5.69 Å². The van der Waals surface area contributed by atoms with E-state index >= 15 is 0 Å². The maximum Gasteiger partial charge on any atom is 0.417 e. The molecule has 1 fully saturated rings. The number of sulfonamides is 1. The lowest BCUT2D eigenvalue weighted by Gasteiger charge is -2.30. The standard InChI is InChI=1S/C21H23N3O6S/c1-2-29-18-6-4-3-5-16(18)22-20(25)14-9-11-24(12-10-14)31(27,28)15-7-8-17-19(13-15)30-21(26)23-17/h3-8,13-14H,2,9-12H2,1H3,(H,22,25)(H,23,26). The molecular formula is C21H23N3O6S. The molecule has 164 valence electrons. The van der Waals surface area contributed by atoms with E-state index in [1.807, 2.05) is 19.1 Å². The van der Waals surface area contributed by atoms with Gasteiger partial charge in [0.05, 0.1) is 22.7 Å². The van der Waals surface area contributed by atoms with Crippen molar-refractivity contribution in [3.63, 3.8) is 0 Å². The summed E-state index contributed by atoms with van der Waals surface area (Å²) in [5, 5.41) is 2.90. The number of piperidine rings is 1. The first kappa shape index (κ1) is 21.1. The van der Waals surface area contributed by atoms with Crippen molar-refractivity contribution in [2.24, 2.45) is 5.92 Å². The average molecular weight is 445 g/mol. The molecule has 2 heterocycles. The van der Waals surface area contributed by atoms with Gasteiger partial charge in [0.15, 0.2) is 5.58 Å². The number of aromatic nitrogens is 1. The van der Waals surface area contributed by atoms with Crippen molar-refractivity contribution < 1.29 is 22.4 Å². The molecule has 0 radical (unpaired) electrons. The molecular weight excluding hydrogens is 422 g/mol. The summed E-state index contributed by atoms with van der Waals surface area (Å²) in [7, 11) is -3.76. The summed E-state index contributed by atoms with van der Waals surface area (Å²) in [6, 6.07) is 11.5. The summed E-state index contributed by atoms with van der Waals surface area (Å²) in [5.74, 6) is -0.488. The zero-order chi connectivity index (χ0) is 22.0. The van der Waals surface area contributed by atoms with Gasteiger partial charge in [0, 0.05) is 25.1 Å². The Hall–Kier alpha value is -3.11. The van der Waals surface area contributed by atoms with Gasteiger partial charge in [-0.2, -0.15) is 4.31 Å². The number of hydrogen-bond donors (Lipinski definition) is 2. The number of oxazole rings is 1. The van der Waals surface area contributed by atoms with Gasteiger partial charge in [0.25, 0.3) is 0 Å². The molecule has 1 saturated heterocycles. The molecule has 4 rings (SSSR count). The number of nitrogens with zero attached hydrogens (tertiary/aromatic N) is 1. The van der Waals surface area contributed by atoms with E-state index in [2.05, 4.69) is 10.3 Å². The number of ether oxygens (including phenoxy) is 1. The second-order valence-electron chi connectivity index (χ2n) is 7.27. The van der Waals surface area contributed by atoms with Crippen LogP contribution in [0.5, 0.6) is 5.75 Å². The fraction of sp³-hybridized carbons (Fsp3) is 0.333. The van der Waals surface area contributed by atoms with Crippen LogP contribution in [0.25, 0.3) is 11.1 Å². The highest BCUT2D eigenvalue weighted by molar-refractivity contribution is 7.89. The molecule has 3 aromatic rings. The van der Waals surface area contributed by atoms with Crippen LogP contribution < -0.4 is 15.8 Å². The zero-order valence-electron chi connectivity index (χ0n) is 17.0. The summed E-state index contributed by atoms with van der Waals surface area (Å²) in [4.78, 5) is 26.6. The third-order valence-corrected chi connectivity index (χ3v) is 7.19. The Labute approximate surface area is 179 Å². The Morgan fingerprint density at radius 1 is 1.23 bits per heavy atom. The average Bonchev–Trinajstić information content (AvgIpc) is 3.14. The molecule has 0 unspecified atom stereocenters. The normalized spacial score (nSPS) is 15.8. The van der Waals surface area contributed by atoms with Crippen LogP contribution in [0.2, 0.25) is 0 Å². The minimum atomic E-state index is -3.76. The number of carbonyl (C=O) groups excluding carboxylic acids is 1. The minimum Gasteiger partial charge on any atom is -0.492 e. The summed E-state index contributed by atoms with van der Waals surface area (Å²) in [5.41, 5.74) is 1.23. The quantitative estimate of drug-likeness (QED) is 0.601. The Balaban J connectivity index is 1.42. The smallest absolute Gasteiger partial charge is 0.417 e. The van der Waals surface area contributed by atoms with Gasteiger partial charge in [-0.1, -0.05) is 12.1 Å². The molecule has 0 atom stereocenters. The lowest BCUT2D eigenvalue weighted by Crippen LogP contribution is -2.41. The van der Waals surface area contributed by atoms with E-state index < -0.39 is 15.8 Å². The van der Waals surface area contributed by atoms with Crippen LogP contribution in [-0.4, -0.2) is 43.3 Å². The van der Waals surface area contributed by atoms with Gasteiger partial charge in [-0.05, 0) is 44.0 Å². The zero-order valence-corrected chi connectivity index (χ0v) is 17.8. The van der Waals surface area contributed by atoms with Crippen LogP contribution in [-0.2, 0) is 14.8 Å². The first-order chi connectivity index (χ1) is 14.9. The number of para-hydroxylation sites is 2. The molecule has 0 bridgehead atoms. The molecule has 31 heavy (non-hydrogen) atoms. The van der Waals surface area contributed by atoms with Crippen LogP contribution in [0, 0.1) is 5.92 Å². The lowest BCUT2D eigenvalue weighted by atomic mass is 9.97. The summed E-state index contributed by atoms with van der Waals surface area (Å²) >= 11 is 0. The minimum absolute atomic E-state index is 0.0521. The van der Waals surface area contributed by atoms with Crippen LogP contribution in [0.15, 0.2) is 56.6 Å². The van der Waals surface area contributed by atoms with Crippen LogP contribution in [0.3, 0.4) is 0 Å². The number of carbonyl (C=O) groups is 1. The maximum absolute atomic E-state index is 13.0. The molecule has 9 nitrogen and oxygen atoms in total. The van der Waals surface area contributed by atoms with Gasteiger partial charge in [-0.3, -0.25) is 9.78 Å². The van der Waals surface area contributed by atoms with Crippen molar-refractivity contribution in [2.75, 3.05) is 25.0 Å². The van der Waals surface area contributed by atoms with Crippen molar-refractivity contribution in [3.05, 3.63) is 53.0 Å². The van der Waals surface area contributed by atoms with Crippen molar-refractivity contribution >= 4 is 32.7 Å². The van der Waals surface area contributed by atoms with Crippen LogP contribution >= 0.6 is 0 Å². The first-order valence-electron chi connectivity index (χ1n) is 10.0. The fourth-order valence-electron chi connectivity index (χ4n) is 3.68. The first-order valence-corrected chi connectivity index (χ1v) is 11.5. The van der Waals surface area contributed by atoms with Crippen LogP contribution in [0.1, 0.15) is 19.8 Å². The number of hydrogen-bond acceptors (Lipinski definition) is 6. The van der Waals surface area contributed by atoms with Gasteiger partial charge in [-0.15, -0.1) is 0 Å². The second-order valence-corrected chi connectivity index (χ2v) is 9.21. The highest BCUT2D eigenvalue weighted by Crippen LogP contribution is 2.28. The van der Waals surface area contributed by atoms with E-state index in [0.29, 0.717) is 36.4 Å². The van der Waals surface area contributed by atoms with Crippen molar-refractivity contribution in [1.29, 1.82) is 0 Å². The van der Waals surface area contributed by atoms with E-state index in [9.17, 15) is 18.0 Å². The predicted molar refractivity (Wildman–Crippen MR) is 115 cm³/mol. The number of fused-ring (bicyclic) bond motifs is 1. The fourth-order valence-corrected chi connectivity index (χ4v) is 5.17. The maximum atomic E-state index is 13.0. The third-order valence-electron chi connectivity index (χ3n) is 5.30. The van der Waals surface area contributed by atoms with Crippen molar-refractivity contribution in [3.8, 4) is 5.75 Å². The monoisotopic (exact) mass is 445 g/mol. The van der Waals surface area contributed by atoms with Gasteiger partial charge in [0.2, 0.25) is 15.9 Å². The van der Waals surface area contributed by atoms with Crippen molar-refractivity contribution in [2.45, 2.75) is 24.7 Å². The topological polar surface area (TPSA) is 122 Å². The second kappa shape index (κ2) is 8.56. The lowest BCUT2D eigenvalue weighted by molar-refractivity contribution is -0.120. The molecule has 0 spiro atoms. The third kappa shape index (κ3) is 4.35. The molecule has 0 saturated carbocycles. The molecule has 1 aliphatic rings. The number of benzene rings is 2. The molecule has 1 amide bonds. The summed E-state index contributed by atoms with van der Waals surface area (Å²) < 4.78 is 37.9. The number of anilines is 1. The molecule has 2 aromatic carbocycles. The highest BCUT2D eigenvalue weighted by Gasteiger charge is 2.32. The number of aromatic amines is 1. The number of amides is 1. The molecule has 1 aromatic heterocycles. The predicted octanol–water partition coefficient (Wildman–Crippen LogP) is 2.56. The van der Waals surface area contributed by atoms with E-state index in [0.717, 1.165) is 0 Å². The number of H-pyrrole nitrogens is 1. The Kier molecular flexibility index (Phi) is 5.84. The van der Waals surface area contributed by atoms with E-state index in [-0.39, 0.29) is 35.4 Å². The molecule has 0 aliphatic carbocycles. The number of nitrogens with one attached hydrogen (secondary N) is 2. The van der Waals surface area contributed by atoms with Gasteiger partial charge < -0.3 is 14.5 Å². The van der Waals surface area contributed by atoms with Gasteiger partial charge in [-0.25, -0.2) is 13.2 Å². The molecule has 2 N–H and O–H groups in total. The molecule has 1 aliphatic heterocycles.